The van der Waals surface area contributed by atoms with Crippen LogP contribution in [-0.2, 0) is 16.2 Å². The molecule has 0 unspecified atom stereocenters. The van der Waals surface area contributed by atoms with Gasteiger partial charge in [0.2, 0.25) is 0 Å². The molecule has 3 aromatic carbocycles. The van der Waals surface area contributed by atoms with Crippen LogP contribution in [0.15, 0.2) is 70.7 Å². The highest BCUT2D eigenvalue weighted by atomic mass is 127. The number of carbonyl (C=O) groups excluding carboxylic acids is 3. The lowest BCUT2D eigenvalue weighted by Gasteiger charge is -2.26. The van der Waals surface area contributed by atoms with Crippen molar-refractivity contribution in [3.63, 3.8) is 0 Å². The minimum absolute atomic E-state index is 0.163. The van der Waals surface area contributed by atoms with Crippen LogP contribution in [0.5, 0.6) is 5.75 Å². The molecule has 0 saturated carbocycles. The Hall–Kier alpha value is -3.49. The van der Waals surface area contributed by atoms with Crippen molar-refractivity contribution in [1.29, 1.82) is 5.26 Å². The maximum absolute atomic E-state index is 13.1. The maximum atomic E-state index is 13.1. The molecule has 0 aliphatic carbocycles. The van der Waals surface area contributed by atoms with Crippen molar-refractivity contribution in [1.82, 2.24) is 5.32 Å². The Morgan fingerprint density at radius 3 is 2.51 bits per heavy atom. The average molecular weight is 642 g/mol. The molecule has 35 heavy (non-hydrogen) atoms. The van der Waals surface area contributed by atoms with Crippen molar-refractivity contribution in [2.24, 2.45) is 0 Å². The summed E-state index contributed by atoms with van der Waals surface area (Å²) in [6, 6.07) is 18.9. The molecule has 0 bridgehead atoms. The van der Waals surface area contributed by atoms with E-state index in [1.807, 2.05) is 19.1 Å². The lowest BCUT2D eigenvalue weighted by molar-refractivity contribution is -0.122. The number of nitrogens with zero attached hydrogens (tertiary/aromatic N) is 2. The van der Waals surface area contributed by atoms with Crippen LogP contribution in [0.3, 0.4) is 0 Å². The number of rotatable bonds is 5. The number of nitrogens with one attached hydrogen (secondary N) is 1. The normalized spacial score (nSPS) is 14.6. The highest BCUT2D eigenvalue weighted by Crippen LogP contribution is 2.34. The topological polar surface area (TPSA) is 99.5 Å². The van der Waals surface area contributed by atoms with E-state index in [2.05, 4.69) is 49.9 Å². The Morgan fingerprint density at radius 1 is 1.11 bits per heavy atom. The maximum Gasteiger partial charge on any atom is 0.335 e. The number of hydrogen-bond donors (Lipinski definition) is 1. The van der Waals surface area contributed by atoms with Gasteiger partial charge in [-0.3, -0.25) is 14.9 Å². The number of ether oxygens (including phenoxy) is 1. The van der Waals surface area contributed by atoms with Crippen LogP contribution in [0, 0.1) is 21.8 Å². The number of benzene rings is 3. The highest BCUT2D eigenvalue weighted by Gasteiger charge is 2.36. The standard InChI is InChI=1S/C26H17BrIN3O4/c1-15-6-8-19(9-7-15)31-25(33)20(24(32)30-26(31)34)10-16-11-21(27)23(22(28)12-16)35-14-18-5-3-2-4-17(18)13-29/h2-12H,14H2,1H3,(H,30,32,34)/b20-10+. The zero-order valence-electron chi connectivity index (χ0n) is 18.3. The molecule has 1 aliphatic heterocycles. The smallest absolute Gasteiger partial charge is 0.335 e. The second-order valence-electron chi connectivity index (χ2n) is 7.66. The van der Waals surface area contributed by atoms with E-state index in [1.165, 1.54) is 6.08 Å². The summed E-state index contributed by atoms with van der Waals surface area (Å²) in [5, 5.41) is 11.5. The number of aryl methyl sites for hydroxylation is 1. The molecule has 1 saturated heterocycles. The summed E-state index contributed by atoms with van der Waals surface area (Å²) in [6.07, 6.45) is 1.44. The van der Waals surface area contributed by atoms with E-state index in [9.17, 15) is 19.6 Å². The fourth-order valence-electron chi connectivity index (χ4n) is 3.46. The van der Waals surface area contributed by atoms with Crippen molar-refractivity contribution in [3.8, 4) is 11.8 Å². The van der Waals surface area contributed by atoms with Gasteiger partial charge in [-0.25, -0.2) is 9.69 Å². The van der Waals surface area contributed by atoms with Gasteiger partial charge < -0.3 is 4.74 Å². The van der Waals surface area contributed by atoms with Crippen molar-refractivity contribution >= 4 is 68.1 Å². The average Bonchev–Trinajstić information content (AvgIpc) is 2.82. The largest absolute Gasteiger partial charge is 0.487 e. The quantitative estimate of drug-likeness (QED) is 0.226. The lowest BCUT2D eigenvalue weighted by Crippen LogP contribution is -2.54. The molecule has 0 spiro atoms. The number of nitriles is 1. The van der Waals surface area contributed by atoms with Gasteiger partial charge >= 0.3 is 6.03 Å². The first kappa shape index (κ1) is 24.6. The van der Waals surface area contributed by atoms with Crippen molar-refractivity contribution in [2.75, 3.05) is 4.90 Å². The third-order valence-electron chi connectivity index (χ3n) is 5.24. The fraction of sp³-hybridized carbons (Fsp3) is 0.0769. The van der Waals surface area contributed by atoms with Gasteiger partial charge in [-0.15, -0.1) is 0 Å². The van der Waals surface area contributed by atoms with Gasteiger partial charge in [0.15, 0.2) is 0 Å². The minimum atomic E-state index is -0.793. The van der Waals surface area contributed by atoms with Crippen LogP contribution < -0.4 is 15.0 Å². The molecule has 1 aliphatic rings. The third-order valence-corrected chi connectivity index (χ3v) is 6.63. The molecule has 7 nitrogen and oxygen atoms in total. The molecular weight excluding hydrogens is 625 g/mol. The molecule has 1 fully saturated rings. The van der Waals surface area contributed by atoms with Crippen LogP contribution in [0.25, 0.3) is 6.08 Å². The van der Waals surface area contributed by atoms with Crippen molar-refractivity contribution in [3.05, 3.63) is 96.5 Å². The first-order valence-corrected chi connectivity index (χ1v) is 12.2. The number of hydrogen-bond acceptors (Lipinski definition) is 5. The molecule has 1 heterocycles. The third kappa shape index (κ3) is 5.28. The first-order valence-electron chi connectivity index (χ1n) is 10.4. The van der Waals surface area contributed by atoms with Crippen LogP contribution in [0.4, 0.5) is 10.5 Å². The van der Waals surface area contributed by atoms with E-state index in [-0.39, 0.29) is 12.2 Å². The molecule has 1 N–H and O–H groups in total. The Balaban J connectivity index is 1.61. The molecule has 4 amide bonds. The summed E-state index contributed by atoms with van der Waals surface area (Å²) in [4.78, 5) is 38.9. The number of amides is 4. The number of halogens is 2. The molecule has 0 radical (unpaired) electrons. The van der Waals surface area contributed by atoms with Crippen LogP contribution in [-0.4, -0.2) is 17.8 Å². The van der Waals surface area contributed by atoms with Crippen LogP contribution in [0.2, 0.25) is 0 Å². The zero-order valence-corrected chi connectivity index (χ0v) is 22.1. The predicted molar refractivity (Wildman–Crippen MR) is 143 cm³/mol. The fourth-order valence-corrected chi connectivity index (χ4v) is 5.23. The Kier molecular flexibility index (Phi) is 7.33. The Morgan fingerprint density at radius 2 is 1.83 bits per heavy atom. The first-order chi connectivity index (χ1) is 16.8. The molecule has 174 valence electrons. The van der Waals surface area contributed by atoms with Crippen molar-refractivity contribution in [2.45, 2.75) is 13.5 Å². The second kappa shape index (κ2) is 10.4. The number of anilines is 1. The SMILES string of the molecule is Cc1ccc(N2C(=O)NC(=O)/C(=C\c3cc(Br)c(OCc4ccccc4C#N)c(I)c3)C2=O)cc1. The van der Waals surface area contributed by atoms with Crippen LogP contribution in [0.1, 0.15) is 22.3 Å². The van der Waals surface area contributed by atoms with Gasteiger partial charge in [0.1, 0.15) is 17.9 Å². The second-order valence-corrected chi connectivity index (χ2v) is 9.68. The molecule has 3 aromatic rings. The summed E-state index contributed by atoms with van der Waals surface area (Å²) < 4.78 is 7.30. The highest BCUT2D eigenvalue weighted by molar-refractivity contribution is 14.1. The summed E-state index contributed by atoms with van der Waals surface area (Å²) in [5.74, 6) is -0.901. The van der Waals surface area contributed by atoms with E-state index in [0.29, 0.717) is 27.0 Å². The van der Waals surface area contributed by atoms with Gasteiger partial charge in [-0.1, -0.05) is 35.9 Å². The lowest BCUT2D eigenvalue weighted by atomic mass is 10.1. The summed E-state index contributed by atoms with van der Waals surface area (Å²) in [7, 11) is 0. The van der Waals surface area contributed by atoms with Crippen molar-refractivity contribution < 1.29 is 19.1 Å². The Labute approximate surface area is 223 Å². The van der Waals surface area contributed by atoms with E-state index in [4.69, 9.17) is 4.74 Å². The number of imide groups is 2. The van der Waals surface area contributed by atoms with E-state index in [1.54, 1.807) is 48.5 Å². The minimum Gasteiger partial charge on any atom is -0.487 e. The summed E-state index contributed by atoms with van der Waals surface area (Å²) >= 11 is 5.59. The molecule has 4 rings (SSSR count). The monoisotopic (exact) mass is 641 g/mol. The summed E-state index contributed by atoms with van der Waals surface area (Å²) in [5.41, 5.74) is 3.05. The molecule has 0 atom stereocenters. The van der Waals surface area contributed by atoms with E-state index >= 15 is 0 Å². The molecular formula is C26H17BrIN3O4. The number of barbiturate groups is 1. The van der Waals surface area contributed by atoms with Gasteiger partial charge in [-0.2, -0.15) is 5.26 Å². The van der Waals surface area contributed by atoms with Gasteiger partial charge in [0, 0.05) is 5.56 Å². The van der Waals surface area contributed by atoms with E-state index < -0.39 is 17.8 Å². The van der Waals surface area contributed by atoms with Gasteiger partial charge in [0.05, 0.1) is 25.4 Å². The van der Waals surface area contributed by atoms with Crippen LogP contribution >= 0.6 is 38.5 Å². The predicted octanol–water partition coefficient (Wildman–Crippen LogP) is 5.48. The van der Waals surface area contributed by atoms with Gasteiger partial charge in [0.25, 0.3) is 11.8 Å². The zero-order chi connectivity index (χ0) is 25.1. The van der Waals surface area contributed by atoms with Gasteiger partial charge in [-0.05, 0) is 87.4 Å². The Bertz CT molecular complexity index is 1400. The number of carbonyl (C=O) groups is 3. The summed E-state index contributed by atoms with van der Waals surface area (Å²) in [6.45, 7) is 2.10. The number of urea groups is 1. The molecule has 9 heteroatoms. The molecule has 0 aromatic heterocycles. The van der Waals surface area contributed by atoms with E-state index in [0.717, 1.165) is 19.6 Å².